The zero-order chi connectivity index (χ0) is 17.1. The summed E-state index contributed by atoms with van der Waals surface area (Å²) in [6.07, 6.45) is 3.86. The number of benzene rings is 1. The van der Waals surface area contributed by atoms with Gasteiger partial charge in [-0.2, -0.15) is 0 Å². The van der Waals surface area contributed by atoms with E-state index in [1.807, 2.05) is 0 Å². The van der Waals surface area contributed by atoms with Crippen LogP contribution in [0, 0.1) is 17.7 Å². The molecule has 130 valence electrons. The first-order valence-corrected chi connectivity index (χ1v) is 8.56. The molecule has 0 bridgehead atoms. The van der Waals surface area contributed by atoms with Crippen molar-refractivity contribution in [3.63, 3.8) is 0 Å². The number of aliphatic hydroxyl groups excluding tert-OH is 1. The molecule has 1 aliphatic carbocycles. The van der Waals surface area contributed by atoms with Gasteiger partial charge in [0.15, 0.2) is 0 Å². The topological polar surface area (TPSA) is 78.4 Å². The maximum atomic E-state index is 13.2. The first-order valence-electron chi connectivity index (χ1n) is 8.56. The Kier molecular flexibility index (Phi) is 5.14. The molecule has 1 aromatic carbocycles. The van der Waals surface area contributed by atoms with Gasteiger partial charge in [0.05, 0.1) is 6.10 Å². The largest absolute Gasteiger partial charge is 0.387 e. The van der Waals surface area contributed by atoms with E-state index in [1.54, 1.807) is 6.07 Å². The van der Waals surface area contributed by atoms with E-state index in [9.17, 15) is 19.1 Å². The fourth-order valence-corrected chi connectivity index (χ4v) is 3.75. The van der Waals surface area contributed by atoms with Gasteiger partial charge in [0, 0.05) is 12.6 Å². The van der Waals surface area contributed by atoms with E-state index in [0.717, 1.165) is 25.7 Å². The van der Waals surface area contributed by atoms with Gasteiger partial charge in [0.1, 0.15) is 11.7 Å². The second-order valence-corrected chi connectivity index (χ2v) is 6.76. The fourth-order valence-electron chi connectivity index (χ4n) is 3.75. The van der Waals surface area contributed by atoms with Gasteiger partial charge in [0.25, 0.3) is 0 Å². The Morgan fingerprint density at radius 2 is 2.17 bits per heavy atom. The number of hydrogen-bond donors (Lipinski definition) is 3. The van der Waals surface area contributed by atoms with Crippen LogP contribution in [0.25, 0.3) is 0 Å². The van der Waals surface area contributed by atoms with Crippen molar-refractivity contribution in [1.82, 2.24) is 10.6 Å². The van der Waals surface area contributed by atoms with Crippen LogP contribution in [0.5, 0.6) is 0 Å². The zero-order valence-corrected chi connectivity index (χ0v) is 13.5. The van der Waals surface area contributed by atoms with Crippen LogP contribution in [0.15, 0.2) is 24.3 Å². The normalized spacial score (nSPS) is 27.8. The summed E-state index contributed by atoms with van der Waals surface area (Å²) in [5.74, 6) is -1.37. The minimum atomic E-state index is -1.00. The average molecular weight is 334 g/mol. The zero-order valence-electron chi connectivity index (χ0n) is 13.5. The van der Waals surface area contributed by atoms with Gasteiger partial charge < -0.3 is 15.7 Å². The molecule has 1 aliphatic heterocycles. The van der Waals surface area contributed by atoms with Crippen LogP contribution in [0.1, 0.15) is 43.8 Å². The number of nitrogens with one attached hydrogen (secondary N) is 2. The Balaban J connectivity index is 1.55. The molecule has 1 aromatic rings. The Bertz CT molecular complexity index is 622. The summed E-state index contributed by atoms with van der Waals surface area (Å²) in [6, 6.07) is 5.83. The van der Waals surface area contributed by atoms with Crippen molar-refractivity contribution in [2.45, 2.75) is 44.2 Å². The number of carbonyl (C=O) groups excluding carboxylic acids is 2. The molecule has 1 heterocycles. The second-order valence-electron chi connectivity index (χ2n) is 6.76. The lowest BCUT2D eigenvalue weighted by atomic mass is 9.75. The predicted octanol–water partition coefficient (Wildman–Crippen LogP) is 1.67. The highest BCUT2D eigenvalue weighted by Crippen LogP contribution is 2.33. The standard InChI is InChI=1S/C18H23FN2O3/c19-13-6-3-5-12(8-13)16(22)10-20-17(23)14-9-11-4-1-2-7-15(11)21-18(14)24/h3,5-6,8,11,14-16,22H,1-2,4,7,9-10H2,(H,20,23)(H,21,24). The van der Waals surface area contributed by atoms with Gasteiger partial charge >= 0.3 is 0 Å². The Labute approximate surface area is 140 Å². The van der Waals surface area contributed by atoms with Crippen molar-refractivity contribution in [1.29, 1.82) is 0 Å². The van der Waals surface area contributed by atoms with E-state index >= 15 is 0 Å². The van der Waals surface area contributed by atoms with E-state index in [-0.39, 0.29) is 24.4 Å². The number of fused-ring (bicyclic) bond motifs is 1. The first-order chi connectivity index (χ1) is 11.5. The van der Waals surface area contributed by atoms with Gasteiger partial charge in [-0.3, -0.25) is 9.59 Å². The van der Waals surface area contributed by atoms with Crippen LogP contribution in [0.2, 0.25) is 0 Å². The monoisotopic (exact) mass is 334 g/mol. The summed E-state index contributed by atoms with van der Waals surface area (Å²) in [4.78, 5) is 24.5. The summed E-state index contributed by atoms with van der Waals surface area (Å²) in [5.41, 5.74) is 0.399. The molecule has 0 spiro atoms. The minimum Gasteiger partial charge on any atom is -0.387 e. The highest BCUT2D eigenvalue weighted by Gasteiger charge is 2.40. The van der Waals surface area contributed by atoms with Crippen molar-refractivity contribution in [2.24, 2.45) is 11.8 Å². The van der Waals surface area contributed by atoms with Crippen molar-refractivity contribution < 1.29 is 19.1 Å². The molecule has 4 atom stereocenters. The smallest absolute Gasteiger partial charge is 0.232 e. The molecule has 3 N–H and O–H groups in total. The van der Waals surface area contributed by atoms with Gasteiger partial charge in [-0.1, -0.05) is 25.0 Å². The quantitative estimate of drug-likeness (QED) is 0.733. The first kappa shape index (κ1) is 16.9. The number of carbonyl (C=O) groups is 2. The number of halogens is 1. The van der Waals surface area contributed by atoms with Crippen LogP contribution in [0.4, 0.5) is 4.39 Å². The maximum absolute atomic E-state index is 13.2. The van der Waals surface area contributed by atoms with Gasteiger partial charge in [0.2, 0.25) is 11.8 Å². The van der Waals surface area contributed by atoms with Gasteiger partial charge in [-0.25, -0.2) is 4.39 Å². The van der Waals surface area contributed by atoms with Crippen LogP contribution >= 0.6 is 0 Å². The molecule has 6 heteroatoms. The van der Waals surface area contributed by atoms with E-state index < -0.39 is 17.8 Å². The van der Waals surface area contributed by atoms with Crippen molar-refractivity contribution in [3.05, 3.63) is 35.6 Å². The third kappa shape index (κ3) is 3.75. The molecule has 0 radical (unpaired) electrons. The Morgan fingerprint density at radius 3 is 2.96 bits per heavy atom. The van der Waals surface area contributed by atoms with Gasteiger partial charge in [-0.05, 0) is 42.9 Å². The summed E-state index contributed by atoms with van der Waals surface area (Å²) < 4.78 is 13.2. The lowest BCUT2D eigenvalue weighted by Gasteiger charge is -2.38. The van der Waals surface area contributed by atoms with E-state index in [2.05, 4.69) is 10.6 Å². The van der Waals surface area contributed by atoms with Crippen LogP contribution in [0.3, 0.4) is 0 Å². The molecular formula is C18H23FN2O3. The molecule has 0 aromatic heterocycles. The maximum Gasteiger partial charge on any atom is 0.232 e. The van der Waals surface area contributed by atoms with E-state index in [1.165, 1.54) is 18.2 Å². The van der Waals surface area contributed by atoms with Crippen molar-refractivity contribution in [3.8, 4) is 0 Å². The predicted molar refractivity (Wildman–Crippen MR) is 86.4 cm³/mol. The van der Waals surface area contributed by atoms with Crippen LogP contribution < -0.4 is 10.6 Å². The van der Waals surface area contributed by atoms with E-state index in [4.69, 9.17) is 0 Å². The van der Waals surface area contributed by atoms with Gasteiger partial charge in [-0.15, -0.1) is 0 Å². The number of rotatable bonds is 4. The number of amides is 2. The van der Waals surface area contributed by atoms with Crippen molar-refractivity contribution >= 4 is 11.8 Å². The molecule has 1 saturated carbocycles. The minimum absolute atomic E-state index is 0.0415. The summed E-state index contributed by atoms with van der Waals surface area (Å²) >= 11 is 0. The summed E-state index contributed by atoms with van der Waals surface area (Å²) in [6.45, 7) is -0.0415. The highest BCUT2D eigenvalue weighted by atomic mass is 19.1. The lowest BCUT2D eigenvalue weighted by Crippen LogP contribution is -2.54. The highest BCUT2D eigenvalue weighted by molar-refractivity contribution is 6.00. The lowest BCUT2D eigenvalue weighted by molar-refractivity contribution is -0.139. The molecule has 2 fully saturated rings. The summed E-state index contributed by atoms with van der Waals surface area (Å²) in [5, 5.41) is 15.7. The van der Waals surface area contributed by atoms with Crippen LogP contribution in [-0.2, 0) is 9.59 Å². The Hall–Kier alpha value is -1.95. The van der Waals surface area contributed by atoms with Crippen molar-refractivity contribution in [2.75, 3.05) is 6.54 Å². The molecule has 2 aliphatic rings. The molecule has 24 heavy (non-hydrogen) atoms. The molecule has 4 unspecified atom stereocenters. The number of piperidine rings is 1. The average Bonchev–Trinajstić information content (AvgIpc) is 2.58. The fraction of sp³-hybridized carbons (Fsp3) is 0.556. The molecule has 2 amide bonds. The number of aliphatic hydroxyl groups is 1. The summed E-state index contributed by atoms with van der Waals surface area (Å²) in [7, 11) is 0. The molecule has 5 nitrogen and oxygen atoms in total. The van der Waals surface area contributed by atoms with Crippen LogP contribution in [-0.4, -0.2) is 29.5 Å². The molecule has 1 saturated heterocycles. The second kappa shape index (κ2) is 7.30. The Morgan fingerprint density at radius 1 is 1.38 bits per heavy atom. The SMILES string of the molecule is O=C(NCC(O)c1cccc(F)c1)C1CC2CCCCC2NC1=O. The molecule has 3 rings (SSSR count). The van der Waals surface area contributed by atoms with E-state index in [0.29, 0.717) is 17.9 Å². The number of hydrogen-bond acceptors (Lipinski definition) is 3. The third-order valence-corrected chi connectivity index (χ3v) is 5.11. The third-order valence-electron chi connectivity index (χ3n) is 5.11. The molecular weight excluding hydrogens is 311 g/mol.